The van der Waals surface area contributed by atoms with Crippen molar-refractivity contribution in [3.63, 3.8) is 0 Å². The number of nitrogens with zero attached hydrogens (tertiary/aromatic N) is 6. The summed E-state index contributed by atoms with van der Waals surface area (Å²) in [6, 6.07) is 141. The fourth-order valence-electron chi connectivity index (χ4n) is 15.9. The maximum absolute atomic E-state index is 11.8. The van der Waals surface area contributed by atoms with Crippen molar-refractivity contribution >= 4 is 147 Å². The normalized spacial score (nSPS) is 16.6. The third-order valence-corrected chi connectivity index (χ3v) is 35.6. The number of phenolic OH excluding ortho intramolecular Hbond substituents is 3. The molecule has 0 radical (unpaired) electrons. The van der Waals surface area contributed by atoms with Gasteiger partial charge in [-0.15, -0.1) is 0 Å². The van der Waals surface area contributed by atoms with Gasteiger partial charge in [-0.3, -0.25) is 0 Å². The summed E-state index contributed by atoms with van der Waals surface area (Å²) in [5.41, 5.74) is 0. The van der Waals surface area contributed by atoms with Gasteiger partial charge in [0.05, 0.1) is 0 Å². The first-order valence-electron chi connectivity index (χ1n) is 43.1. The molecule has 27 heteroatoms. The van der Waals surface area contributed by atoms with Gasteiger partial charge in [-0.1, -0.05) is 0 Å². The zero-order valence-corrected chi connectivity index (χ0v) is 76.8. The van der Waals surface area contributed by atoms with E-state index in [1.807, 2.05) is 376 Å². The van der Waals surface area contributed by atoms with Gasteiger partial charge in [-0.2, -0.15) is 0 Å². The molecule has 4 unspecified atom stereocenters. The molecule has 0 aliphatic carbocycles. The number of aromatic hydroxyl groups is 3. The van der Waals surface area contributed by atoms with Gasteiger partial charge in [0, 0.05) is 0 Å². The van der Waals surface area contributed by atoms with Crippen LogP contribution in [0.5, 0.6) is 86.2 Å². The van der Waals surface area contributed by atoms with Gasteiger partial charge in [0.15, 0.2) is 0 Å². The van der Waals surface area contributed by atoms with E-state index < -0.39 is 41.4 Å². The van der Waals surface area contributed by atoms with Crippen LogP contribution in [0.3, 0.4) is 0 Å². The maximum atomic E-state index is 11.8. The Labute approximate surface area is 781 Å². The van der Waals surface area contributed by atoms with Crippen molar-refractivity contribution in [2.75, 3.05) is 0 Å². The van der Waals surface area contributed by atoms with Crippen LogP contribution >= 0.6 is 49.9 Å². The summed E-state index contributed by atoms with van der Waals surface area (Å²) >= 11 is 0. The quantitative estimate of drug-likeness (QED) is 0.0482. The molecule has 0 spiro atoms. The summed E-state index contributed by atoms with van der Waals surface area (Å²) in [6.07, 6.45) is 0. The minimum atomic E-state index is -7.19. The third kappa shape index (κ3) is 17.5. The molecule has 0 saturated carbocycles. The van der Waals surface area contributed by atoms with E-state index >= 15 is 0 Å². The summed E-state index contributed by atoms with van der Waals surface area (Å²) in [6.45, 7) is 0. The Morgan fingerprint density at radius 2 is 0.400 bits per heavy atom. The van der Waals surface area contributed by atoms with Crippen molar-refractivity contribution in [3.05, 3.63) is 455 Å². The van der Waals surface area contributed by atoms with Crippen molar-refractivity contribution in [1.29, 1.82) is 0 Å². The molecular formula is C108H78N6O15P6. The molecule has 1 heterocycles. The molecule has 4 atom stereocenters. The molecule has 21 aromatic carbocycles. The second kappa shape index (κ2) is 37.6. The van der Waals surface area contributed by atoms with Crippen LogP contribution < -0.4 is 55.9 Å². The average Bonchev–Trinajstić information content (AvgIpc) is 0.700. The van der Waals surface area contributed by atoms with Crippen LogP contribution in [0.1, 0.15) is 0 Å². The fraction of sp³-hybridized carbons (Fsp3) is 0. The van der Waals surface area contributed by atoms with Gasteiger partial charge in [0.25, 0.3) is 0 Å². The Morgan fingerprint density at radius 1 is 0.200 bits per heavy atom. The minimum absolute atomic E-state index is 0.0684. The van der Waals surface area contributed by atoms with E-state index in [9.17, 15) is 15.3 Å². The van der Waals surface area contributed by atoms with Crippen molar-refractivity contribution in [2.24, 2.45) is 4.52 Å². The molecule has 21 nitrogen and oxygen atoms in total. The van der Waals surface area contributed by atoms with Gasteiger partial charge in [-0.05, 0) is 0 Å². The predicted molar refractivity (Wildman–Crippen MR) is 541 cm³/mol. The third-order valence-electron chi connectivity index (χ3n) is 22.4. The Bertz CT molecular complexity index is 7850. The zero-order chi connectivity index (χ0) is 90.6. The summed E-state index contributed by atoms with van der Waals surface area (Å²) in [5, 5.41) is 47.9. The molecule has 1 aliphatic heterocycles. The molecule has 0 bridgehead atoms. The van der Waals surface area contributed by atoms with Gasteiger partial charge in [0.2, 0.25) is 0 Å². The van der Waals surface area contributed by atoms with Crippen LogP contribution in [0.4, 0.5) is 0 Å². The molecular weight excluding hydrogens is 1810 g/mol. The molecule has 0 fully saturated rings. The van der Waals surface area contributed by atoms with E-state index in [1.165, 1.54) is 82.0 Å². The van der Waals surface area contributed by atoms with Gasteiger partial charge >= 0.3 is 787 Å². The van der Waals surface area contributed by atoms with Crippen LogP contribution in [-0.4, -0.2) is 38.3 Å². The second-order valence-corrected chi connectivity index (χ2v) is 42.1. The molecule has 135 heavy (non-hydrogen) atoms. The first-order chi connectivity index (χ1) is 66.5. The first-order valence-corrected chi connectivity index (χ1v) is 50.4. The van der Waals surface area contributed by atoms with Crippen LogP contribution in [0.15, 0.2) is 459 Å². The van der Waals surface area contributed by atoms with E-state index in [0.29, 0.717) is 65.4 Å². The number of hydrogen-bond donors (Lipinski definition) is 3. The average molecular weight is 1890 g/mol. The Hall–Kier alpha value is -15.0. The number of benzene rings is 21. The SMILES string of the molecule is Oc1ccc(OP2(Oc3ccc(O)cc3)(Oc3ccc(O)cc3)N=PN(Oc3cccc4ccccc34)P(Oc3cccc4ccccc34)N(Oc3cccc4ccccc34)P(Oc3cccc4ccccc34)N(Oc3cccc4ccccc34)P(Oc3cccc4ccccc34)N(Oc3cccc4ccccc34)P(Oc3cccc4ccccc34)N2Oc2cccc3ccccc23)cc1. The van der Waals surface area contributed by atoms with Crippen molar-refractivity contribution in [1.82, 2.24) is 23.0 Å². The van der Waals surface area contributed by atoms with Crippen molar-refractivity contribution in [3.8, 4) is 86.2 Å². The predicted octanol–water partition coefficient (Wildman–Crippen LogP) is 31.6. The molecule has 0 saturated heterocycles. The van der Waals surface area contributed by atoms with Crippen LogP contribution in [0, 0.1) is 0 Å². The summed E-state index contributed by atoms with van der Waals surface area (Å²) in [5.74, 6) is 1.61. The molecule has 0 amide bonds. The number of fused-ring (bicyclic) bond motifs is 9. The Morgan fingerprint density at radius 3 is 0.674 bits per heavy atom. The summed E-state index contributed by atoms with van der Waals surface area (Å²) < 4.78 is 73.6. The van der Waals surface area contributed by atoms with E-state index in [0.717, 1.165) is 43.1 Å². The standard InChI is InChI=1S/C108H78N6O15P6/c115-85-64-70-88(71-65-85)127-135(128-89-72-66-86(116)67-73-89,129-90-74-68-87(117)69-75-90)109-130-110(118-100-55-19-37-76-28-1-10-46-91(76)100)131(123-105-60-24-42-81-33-6-15-51-96(81)105)111(119-101-56-20-38-77-29-2-11-47-92(77)101)132(124-106-61-25-43-82-34-7-16-52-97(82)106)112(120-102-57-21-39-78-30-3-12-48-93(78)102)133(125-107-62-26-44-83-35-8-17-53-98(83)107)113(121-103-58-22-40-79-31-4-13-49-94(79)103)134(126-108-63-27-45-84-36-9-18-54-99(84)108)114(135)122-104-59-23-41-80-32-5-14-50-95(80)104/h1-75,115-117H. The van der Waals surface area contributed by atoms with Crippen molar-refractivity contribution < 1.29 is 71.2 Å². The van der Waals surface area contributed by atoms with E-state index in [1.54, 1.807) is 19.9 Å². The molecule has 21 aromatic rings. The molecule has 22 rings (SSSR count). The zero-order valence-electron chi connectivity index (χ0n) is 71.4. The topological polar surface area (TPSA) is 200 Å². The molecule has 0 aromatic heterocycles. The second-order valence-electron chi connectivity index (χ2n) is 31.1. The summed E-state index contributed by atoms with van der Waals surface area (Å²) in [4.78, 5) is 42.1. The van der Waals surface area contributed by atoms with E-state index in [4.69, 9.17) is 60.4 Å². The fourth-order valence-corrected chi connectivity index (χ4v) is 30.5. The first kappa shape index (κ1) is 85.5. The van der Waals surface area contributed by atoms with E-state index in [2.05, 4.69) is 0 Å². The van der Waals surface area contributed by atoms with Gasteiger partial charge < -0.3 is 0 Å². The van der Waals surface area contributed by atoms with Crippen LogP contribution in [0.2, 0.25) is 0 Å². The number of phenols is 3. The van der Waals surface area contributed by atoms with Gasteiger partial charge in [-0.25, -0.2) is 0 Å². The monoisotopic (exact) mass is 1880 g/mol. The summed E-state index contributed by atoms with van der Waals surface area (Å²) in [7, 11) is -21.3. The van der Waals surface area contributed by atoms with Crippen LogP contribution in [0.25, 0.3) is 97.0 Å². The molecule has 1 aliphatic rings. The van der Waals surface area contributed by atoms with E-state index in [-0.39, 0.29) is 83.3 Å². The van der Waals surface area contributed by atoms with Gasteiger partial charge in [0.1, 0.15) is 0 Å². The van der Waals surface area contributed by atoms with Crippen molar-refractivity contribution in [2.45, 2.75) is 0 Å². The molecule has 3 N–H and O–H groups in total. The van der Waals surface area contributed by atoms with Crippen LogP contribution in [-0.2, 0) is 0 Å². The Kier molecular flexibility index (Phi) is 23.8. The number of hydrogen-bond acceptors (Lipinski definition) is 21. The molecule has 660 valence electrons. The number of rotatable bonds is 24. The Balaban J connectivity index is 0.992.